The van der Waals surface area contributed by atoms with Crippen LogP contribution < -0.4 is 4.74 Å². The van der Waals surface area contributed by atoms with Gasteiger partial charge in [-0.25, -0.2) is 0 Å². The number of nitrogens with zero attached hydrogens (tertiary/aromatic N) is 2. The highest BCUT2D eigenvalue weighted by molar-refractivity contribution is 6.14. The number of pyridine rings is 1. The quantitative estimate of drug-likeness (QED) is 0.588. The second-order valence-corrected chi connectivity index (χ2v) is 6.95. The number of hydrogen-bond donors (Lipinski definition) is 1. The first-order valence-electron chi connectivity index (χ1n) is 9.61. The van der Waals surface area contributed by atoms with Gasteiger partial charge in [-0.05, 0) is 53.6 Å². The van der Waals surface area contributed by atoms with Crippen LogP contribution >= 0.6 is 0 Å². The Kier molecular flexibility index (Phi) is 5.66. The van der Waals surface area contributed by atoms with Gasteiger partial charge in [0.15, 0.2) is 11.5 Å². The lowest BCUT2D eigenvalue weighted by molar-refractivity contribution is -0.130. The number of rotatable bonds is 7. The molecule has 1 unspecified atom stereocenters. The molecule has 7 heteroatoms. The standard InChI is InChI=1S/C24H20N2O5/c1-30-19-7-2-6-17(13-19)22-21(20(27)10-9-18-8-4-12-31-18)23(28)24(29)26(22)15-16-5-3-11-25-14-16/h2-14,22,28H,15H2,1H3. The van der Waals surface area contributed by atoms with Gasteiger partial charge in [0.05, 0.1) is 25.0 Å². The first kappa shape index (κ1) is 20.2. The van der Waals surface area contributed by atoms with Crippen molar-refractivity contribution in [2.45, 2.75) is 12.6 Å². The Bertz CT molecular complexity index is 1150. The van der Waals surface area contributed by atoms with E-state index in [1.165, 1.54) is 30.4 Å². The van der Waals surface area contributed by atoms with Crippen LogP contribution in [-0.2, 0) is 16.1 Å². The first-order valence-corrected chi connectivity index (χ1v) is 9.61. The van der Waals surface area contributed by atoms with Crippen LogP contribution in [-0.4, -0.2) is 33.8 Å². The van der Waals surface area contributed by atoms with Crippen molar-refractivity contribution < 1.29 is 23.8 Å². The molecule has 1 aliphatic rings. The summed E-state index contributed by atoms with van der Waals surface area (Å²) in [5, 5.41) is 10.7. The van der Waals surface area contributed by atoms with Crippen LogP contribution in [0.1, 0.15) is 22.9 Å². The summed E-state index contributed by atoms with van der Waals surface area (Å²) in [6.45, 7) is 0.178. The van der Waals surface area contributed by atoms with Gasteiger partial charge in [-0.1, -0.05) is 18.2 Å². The zero-order chi connectivity index (χ0) is 21.8. The van der Waals surface area contributed by atoms with Gasteiger partial charge in [-0.3, -0.25) is 14.6 Å². The second kappa shape index (κ2) is 8.71. The summed E-state index contributed by atoms with van der Waals surface area (Å²) in [7, 11) is 1.54. The zero-order valence-electron chi connectivity index (χ0n) is 16.8. The van der Waals surface area contributed by atoms with Gasteiger partial charge in [0.25, 0.3) is 5.91 Å². The summed E-state index contributed by atoms with van der Waals surface area (Å²) in [6, 6.07) is 13.3. The normalized spacial score (nSPS) is 16.4. The Labute approximate surface area is 178 Å². The Balaban J connectivity index is 1.75. The predicted octanol–water partition coefficient (Wildman–Crippen LogP) is 3.86. The van der Waals surface area contributed by atoms with Crippen molar-refractivity contribution in [3.05, 3.63) is 101 Å². The molecule has 0 fully saturated rings. The summed E-state index contributed by atoms with van der Waals surface area (Å²) in [6.07, 6.45) is 7.56. The van der Waals surface area contributed by atoms with Crippen LogP contribution in [0.3, 0.4) is 0 Å². The van der Waals surface area contributed by atoms with E-state index in [9.17, 15) is 14.7 Å². The van der Waals surface area contributed by atoms with Crippen molar-refractivity contribution in [3.8, 4) is 5.75 Å². The van der Waals surface area contributed by atoms with Crippen molar-refractivity contribution in [2.24, 2.45) is 0 Å². The highest BCUT2D eigenvalue weighted by atomic mass is 16.5. The second-order valence-electron chi connectivity index (χ2n) is 6.95. The third kappa shape index (κ3) is 4.11. The Morgan fingerprint density at radius 1 is 1.26 bits per heavy atom. The average molecular weight is 416 g/mol. The highest BCUT2D eigenvalue weighted by Crippen LogP contribution is 2.39. The SMILES string of the molecule is COc1cccc(C2C(C(=O)C=Cc3ccco3)=C(O)C(=O)N2Cc2cccnc2)c1. The number of carbonyl (C=O) groups excluding carboxylic acids is 2. The number of amides is 1. The number of methoxy groups -OCH3 is 1. The van der Waals surface area contributed by atoms with E-state index >= 15 is 0 Å². The average Bonchev–Trinajstić information content (AvgIpc) is 3.41. The van der Waals surface area contributed by atoms with E-state index in [2.05, 4.69) is 4.98 Å². The number of aromatic nitrogens is 1. The minimum atomic E-state index is -0.781. The topological polar surface area (TPSA) is 92.9 Å². The maximum Gasteiger partial charge on any atom is 0.290 e. The number of benzene rings is 1. The predicted molar refractivity (Wildman–Crippen MR) is 113 cm³/mol. The Morgan fingerprint density at radius 3 is 2.84 bits per heavy atom. The van der Waals surface area contributed by atoms with Gasteiger partial charge in [-0.2, -0.15) is 0 Å². The van der Waals surface area contributed by atoms with Gasteiger partial charge in [0.1, 0.15) is 11.5 Å². The number of ether oxygens (including phenoxy) is 1. The number of aliphatic hydroxyl groups excluding tert-OH is 1. The van der Waals surface area contributed by atoms with Crippen molar-refractivity contribution in [3.63, 3.8) is 0 Å². The molecule has 1 N–H and O–H groups in total. The summed E-state index contributed by atoms with van der Waals surface area (Å²) >= 11 is 0. The molecule has 1 aromatic carbocycles. The molecule has 3 heterocycles. The zero-order valence-corrected chi connectivity index (χ0v) is 16.8. The molecule has 0 aliphatic carbocycles. The number of ketones is 1. The van der Waals surface area contributed by atoms with Crippen LogP contribution in [0.15, 0.2) is 89.0 Å². The van der Waals surface area contributed by atoms with E-state index in [-0.39, 0.29) is 12.1 Å². The largest absolute Gasteiger partial charge is 0.503 e. The molecule has 2 aromatic heterocycles. The molecule has 7 nitrogen and oxygen atoms in total. The van der Waals surface area contributed by atoms with Crippen LogP contribution in [0.5, 0.6) is 5.75 Å². The number of carbonyl (C=O) groups is 2. The molecular formula is C24H20N2O5. The molecule has 3 aromatic rings. The third-order valence-electron chi connectivity index (χ3n) is 5.00. The van der Waals surface area contributed by atoms with Crippen molar-refractivity contribution >= 4 is 17.8 Å². The molecule has 4 rings (SSSR count). The molecule has 156 valence electrons. The fraction of sp³-hybridized carbons (Fsp3) is 0.125. The van der Waals surface area contributed by atoms with Gasteiger partial charge in [-0.15, -0.1) is 0 Å². The first-order chi connectivity index (χ1) is 15.1. The molecule has 0 radical (unpaired) electrons. The Hall–Kier alpha value is -4.13. The van der Waals surface area contributed by atoms with E-state index in [4.69, 9.17) is 9.15 Å². The fourth-order valence-corrected chi connectivity index (χ4v) is 3.55. The van der Waals surface area contributed by atoms with Gasteiger partial charge >= 0.3 is 0 Å². The summed E-state index contributed by atoms with van der Waals surface area (Å²) in [4.78, 5) is 31.6. The number of allylic oxidation sites excluding steroid dienone is 1. The van der Waals surface area contributed by atoms with Crippen molar-refractivity contribution in [1.29, 1.82) is 0 Å². The number of furan rings is 1. The monoisotopic (exact) mass is 416 g/mol. The van der Waals surface area contributed by atoms with E-state index < -0.39 is 23.5 Å². The maximum atomic E-state index is 13.1. The molecular weight excluding hydrogens is 396 g/mol. The Morgan fingerprint density at radius 2 is 2.13 bits per heavy atom. The van der Waals surface area contributed by atoms with E-state index in [1.807, 2.05) is 6.07 Å². The van der Waals surface area contributed by atoms with Crippen LogP contribution in [0, 0.1) is 0 Å². The smallest absolute Gasteiger partial charge is 0.290 e. The van der Waals surface area contributed by atoms with Gasteiger partial charge < -0.3 is 19.2 Å². The molecule has 1 amide bonds. The lowest BCUT2D eigenvalue weighted by Crippen LogP contribution is -2.30. The van der Waals surface area contributed by atoms with Gasteiger partial charge in [0, 0.05) is 18.9 Å². The molecule has 1 aliphatic heterocycles. The summed E-state index contributed by atoms with van der Waals surface area (Å²) in [5.74, 6) is -0.598. The molecule has 1 atom stereocenters. The molecule has 31 heavy (non-hydrogen) atoms. The summed E-state index contributed by atoms with van der Waals surface area (Å²) in [5.41, 5.74) is 1.43. The van der Waals surface area contributed by atoms with Crippen molar-refractivity contribution in [1.82, 2.24) is 9.88 Å². The van der Waals surface area contributed by atoms with Crippen molar-refractivity contribution in [2.75, 3.05) is 7.11 Å². The van der Waals surface area contributed by atoms with Crippen LogP contribution in [0.4, 0.5) is 0 Å². The van der Waals surface area contributed by atoms with E-state index in [0.29, 0.717) is 17.1 Å². The molecule has 0 spiro atoms. The lowest BCUT2D eigenvalue weighted by Gasteiger charge is -2.26. The molecule has 0 saturated heterocycles. The van der Waals surface area contributed by atoms with Crippen LogP contribution in [0.2, 0.25) is 0 Å². The molecule has 0 bridgehead atoms. The lowest BCUT2D eigenvalue weighted by atomic mass is 9.95. The molecule has 0 saturated carbocycles. The minimum absolute atomic E-state index is 0.00458. The third-order valence-corrected chi connectivity index (χ3v) is 5.00. The van der Waals surface area contributed by atoms with E-state index in [1.54, 1.807) is 54.9 Å². The van der Waals surface area contributed by atoms with Gasteiger partial charge in [0.2, 0.25) is 0 Å². The van der Waals surface area contributed by atoms with Crippen LogP contribution in [0.25, 0.3) is 6.08 Å². The highest BCUT2D eigenvalue weighted by Gasteiger charge is 2.43. The fourth-order valence-electron chi connectivity index (χ4n) is 3.55. The minimum Gasteiger partial charge on any atom is -0.503 e. The van der Waals surface area contributed by atoms with E-state index in [0.717, 1.165) is 5.56 Å². The maximum absolute atomic E-state index is 13.1. The summed E-state index contributed by atoms with van der Waals surface area (Å²) < 4.78 is 10.5. The number of hydrogen-bond acceptors (Lipinski definition) is 6. The number of aliphatic hydroxyl groups is 1.